The van der Waals surface area contributed by atoms with E-state index in [1.807, 2.05) is 0 Å². The Labute approximate surface area is 89.4 Å². The molecule has 0 saturated heterocycles. The molecule has 0 N–H and O–H groups in total. The summed E-state index contributed by atoms with van der Waals surface area (Å²) in [6.45, 7) is 9.29. The maximum atomic E-state index is 2.41. The minimum Gasteiger partial charge on any atom is -0.0675 e. The normalized spacial score (nSPS) is 11.7. The fourth-order valence-corrected chi connectivity index (χ4v) is 6.05. The van der Waals surface area contributed by atoms with E-state index in [9.17, 15) is 0 Å². The van der Waals surface area contributed by atoms with E-state index in [4.69, 9.17) is 0 Å². The standard InChI is InChI=1S/C13H22Si/c1-5-14(6-2,7-3)13-10-8-9-12(4)11-13/h8-11H,5-7H2,1-4H3. The van der Waals surface area contributed by atoms with E-state index in [-0.39, 0.29) is 0 Å². The zero-order chi connectivity index (χ0) is 10.6. The van der Waals surface area contributed by atoms with Gasteiger partial charge in [-0.25, -0.2) is 0 Å². The van der Waals surface area contributed by atoms with Gasteiger partial charge in [-0.1, -0.05) is 73.9 Å². The summed E-state index contributed by atoms with van der Waals surface area (Å²) < 4.78 is 0. The van der Waals surface area contributed by atoms with Crippen LogP contribution in [0.15, 0.2) is 24.3 Å². The van der Waals surface area contributed by atoms with Crippen molar-refractivity contribution in [3.8, 4) is 0 Å². The zero-order valence-electron chi connectivity index (χ0n) is 9.93. The molecule has 78 valence electrons. The molecular formula is C13H22Si. The highest BCUT2D eigenvalue weighted by Crippen LogP contribution is 2.20. The van der Waals surface area contributed by atoms with Crippen LogP contribution in [-0.4, -0.2) is 8.07 Å². The molecule has 1 aromatic rings. The first-order valence-corrected chi connectivity index (χ1v) is 8.37. The third kappa shape index (κ3) is 2.09. The van der Waals surface area contributed by atoms with Crippen LogP contribution < -0.4 is 5.19 Å². The highest BCUT2D eigenvalue weighted by Gasteiger charge is 2.28. The van der Waals surface area contributed by atoms with Crippen LogP contribution in [0.4, 0.5) is 0 Å². The third-order valence-electron chi connectivity index (χ3n) is 3.66. The molecule has 0 fully saturated rings. The average Bonchev–Trinajstić information content (AvgIpc) is 2.22. The number of rotatable bonds is 4. The van der Waals surface area contributed by atoms with Crippen molar-refractivity contribution in [1.82, 2.24) is 0 Å². The first-order chi connectivity index (χ1) is 6.68. The Kier molecular flexibility index (Phi) is 3.94. The topological polar surface area (TPSA) is 0 Å². The number of benzene rings is 1. The van der Waals surface area contributed by atoms with Crippen LogP contribution in [0.1, 0.15) is 26.3 Å². The van der Waals surface area contributed by atoms with Gasteiger partial charge in [0.25, 0.3) is 0 Å². The summed E-state index contributed by atoms with van der Waals surface area (Å²) in [4.78, 5) is 0. The SMILES string of the molecule is CC[Si](CC)(CC)c1cccc(C)c1. The molecule has 0 heterocycles. The van der Waals surface area contributed by atoms with E-state index in [0.29, 0.717) is 0 Å². The van der Waals surface area contributed by atoms with Gasteiger partial charge in [0.2, 0.25) is 0 Å². The zero-order valence-corrected chi connectivity index (χ0v) is 10.9. The lowest BCUT2D eigenvalue weighted by Gasteiger charge is -2.28. The minimum atomic E-state index is -1.12. The number of hydrogen-bond acceptors (Lipinski definition) is 0. The number of hydrogen-bond donors (Lipinski definition) is 0. The first kappa shape index (κ1) is 11.5. The largest absolute Gasteiger partial charge is 0.0859 e. The van der Waals surface area contributed by atoms with E-state index < -0.39 is 8.07 Å². The van der Waals surface area contributed by atoms with Crippen molar-refractivity contribution in [2.75, 3.05) is 0 Å². The average molecular weight is 206 g/mol. The maximum Gasteiger partial charge on any atom is 0.0859 e. The lowest BCUT2D eigenvalue weighted by Crippen LogP contribution is -2.45. The number of aryl methyl sites for hydroxylation is 1. The van der Waals surface area contributed by atoms with Gasteiger partial charge in [0.1, 0.15) is 0 Å². The van der Waals surface area contributed by atoms with Crippen molar-refractivity contribution >= 4 is 13.3 Å². The second-order valence-electron chi connectivity index (χ2n) is 4.21. The van der Waals surface area contributed by atoms with Gasteiger partial charge in [0, 0.05) is 0 Å². The van der Waals surface area contributed by atoms with Gasteiger partial charge >= 0.3 is 0 Å². The molecule has 0 aliphatic carbocycles. The Morgan fingerprint density at radius 1 is 1.00 bits per heavy atom. The van der Waals surface area contributed by atoms with Crippen LogP contribution in [0, 0.1) is 6.92 Å². The summed E-state index contributed by atoms with van der Waals surface area (Å²) in [7, 11) is -1.12. The Morgan fingerprint density at radius 3 is 2.00 bits per heavy atom. The molecule has 1 rings (SSSR count). The molecule has 0 bridgehead atoms. The van der Waals surface area contributed by atoms with Gasteiger partial charge in [0.15, 0.2) is 0 Å². The summed E-state index contributed by atoms with van der Waals surface area (Å²) in [6.07, 6.45) is 0. The molecule has 0 radical (unpaired) electrons. The van der Waals surface area contributed by atoms with Crippen LogP contribution in [0.25, 0.3) is 0 Å². The van der Waals surface area contributed by atoms with E-state index in [1.54, 1.807) is 5.19 Å². The second kappa shape index (κ2) is 4.79. The van der Waals surface area contributed by atoms with Gasteiger partial charge in [0.05, 0.1) is 8.07 Å². The summed E-state index contributed by atoms with van der Waals surface area (Å²) in [5, 5.41) is 1.66. The fourth-order valence-electron chi connectivity index (χ4n) is 2.34. The van der Waals surface area contributed by atoms with Gasteiger partial charge in [-0.2, -0.15) is 0 Å². The Hall–Kier alpha value is -0.563. The second-order valence-corrected chi connectivity index (χ2v) is 9.47. The summed E-state index contributed by atoms with van der Waals surface area (Å²) in [5.41, 5.74) is 1.41. The van der Waals surface area contributed by atoms with E-state index in [1.165, 1.54) is 23.7 Å². The maximum absolute atomic E-state index is 2.41. The summed E-state index contributed by atoms with van der Waals surface area (Å²) >= 11 is 0. The molecule has 1 heteroatoms. The van der Waals surface area contributed by atoms with E-state index in [0.717, 1.165) is 0 Å². The first-order valence-electron chi connectivity index (χ1n) is 5.75. The summed E-state index contributed by atoms with van der Waals surface area (Å²) in [6, 6.07) is 13.3. The molecule has 0 atom stereocenters. The molecule has 0 nitrogen and oxygen atoms in total. The molecule has 0 aliphatic rings. The minimum absolute atomic E-state index is 1.12. The molecule has 0 amide bonds. The molecule has 0 unspecified atom stereocenters. The van der Waals surface area contributed by atoms with Gasteiger partial charge in [-0.05, 0) is 6.92 Å². The Bertz CT molecular complexity index is 279. The molecule has 14 heavy (non-hydrogen) atoms. The monoisotopic (exact) mass is 206 g/mol. The quantitative estimate of drug-likeness (QED) is 0.659. The Balaban J connectivity index is 3.10. The van der Waals surface area contributed by atoms with Gasteiger partial charge in [-0.15, -0.1) is 0 Å². The molecular weight excluding hydrogens is 184 g/mol. The van der Waals surface area contributed by atoms with Crippen LogP contribution in [0.2, 0.25) is 18.1 Å². The van der Waals surface area contributed by atoms with Crippen LogP contribution in [-0.2, 0) is 0 Å². The fraction of sp³-hybridized carbons (Fsp3) is 0.538. The lowest BCUT2D eigenvalue weighted by atomic mass is 10.2. The highest BCUT2D eigenvalue weighted by atomic mass is 28.3. The van der Waals surface area contributed by atoms with Crippen molar-refractivity contribution < 1.29 is 0 Å². The molecule has 0 aliphatic heterocycles. The van der Waals surface area contributed by atoms with Crippen LogP contribution in [0.5, 0.6) is 0 Å². The summed E-state index contributed by atoms with van der Waals surface area (Å²) in [5.74, 6) is 0. The van der Waals surface area contributed by atoms with E-state index in [2.05, 4.69) is 52.0 Å². The van der Waals surface area contributed by atoms with E-state index >= 15 is 0 Å². The van der Waals surface area contributed by atoms with Crippen LogP contribution in [0.3, 0.4) is 0 Å². The van der Waals surface area contributed by atoms with Crippen molar-refractivity contribution in [2.24, 2.45) is 0 Å². The lowest BCUT2D eigenvalue weighted by molar-refractivity contribution is 1.19. The van der Waals surface area contributed by atoms with Crippen LogP contribution >= 0.6 is 0 Å². The smallest absolute Gasteiger partial charge is 0.0675 e. The molecule has 0 saturated carbocycles. The van der Waals surface area contributed by atoms with Crippen molar-refractivity contribution in [1.29, 1.82) is 0 Å². The molecule has 0 spiro atoms. The van der Waals surface area contributed by atoms with Gasteiger partial charge < -0.3 is 0 Å². The molecule has 0 aromatic heterocycles. The third-order valence-corrected chi connectivity index (χ3v) is 9.26. The van der Waals surface area contributed by atoms with Crippen molar-refractivity contribution in [2.45, 2.75) is 45.8 Å². The molecule has 1 aromatic carbocycles. The van der Waals surface area contributed by atoms with Crippen molar-refractivity contribution in [3.05, 3.63) is 29.8 Å². The predicted molar refractivity (Wildman–Crippen MR) is 68.0 cm³/mol. The highest BCUT2D eigenvalue weighted by molar-refractivity contribution is 6.91. The van der Waals surface area contributed by atoms with Gasteiger partial charge in [-0.3, -0.25) is 0 Å². The Morgan fingerprint density at radius 2 is 1.57 bits per heavy atom. The predicted octanol–water partition coefficient (Wildman–Crippen LogP) is 3.71. The van der Waals surface area contributed by atoms with Crippen molar-refractivity contribution in [3.63, 3.8) is 0 Å².